The van der Waals surface area contributed by atoms with Crippen LogP contribution in [0.2, 0.25) is 0 Å². The first-order valence-electron chi connectivity index (χ1n) is 16.0. The summed E-state index contributed by atoms with van der Waals surface area (Å²) in [5.41, 5.74) is 3.12. The van der Waals surface area contributed by atoms with Gasteiger partial charge in [0.05, 0.1) is 31.4 Å². The number of hydrogen-bond acceptors (Lipinski definition) is 7. The topological polar surface area (TPSA) is 68.3 Å². The van der Waals surface area contributed by atoms with Crippen LogP contribution < -0.4 is 4.74 Å². The molecular weight excluding hydrogens is 554 g/mol. The predicted molar refractivity (Wildman–Crippen MR) is 169 cm³/mol. The van der Waals surface area contributed by atoms with Crippen molar-refractivity contribution in [1.82, 2.24) is 4.98 Å². The van der Waals surface area contributed by atoms with E-state index in [1.165, 1.54) is 12.8 Å². The molecule has 0 spiro atoms. The number of unbranched alkanes of at least 4 members (excludes halogenated alkanes) is 5. The number of benzene rings is 3. The molecule has 0 radical (unpaired) electrons. The summed E-state index contributed by atoms with van der Waals surface area (Å²) in [4.78, 5) is 4.37. The zero-order valence-electron chi connectivity index (χ0n) is 25.3. The lowest BCUT2D eigenvalue weighted by atomic mass is 9.99. The molecule has 0 aliphatic carbocycles. The zero-order chi connectivity index (χ0) is 29.8. The van der Waals surface area contributed by atoms with E-state index in [9.17, 15) is 0 Å². The van der Waals surface area contributed by atoms with Gasteiger partial charge in [-0.2, -0.15) is 0 Å². The van der Waals surface area contributed by atoms with Crippen LogP contribution in [0.25, 0.3) is 10.9 Å². The van der Waals surface area contributed by atoms with Crippen LogP contribution in [0.5, 0.6) is 5.75 Å². The highest BCUT2D eigenvalue weighted by Gasteiger charge is 2.45. The van der Waals surface area contributed by atoms with Gasteiger partial charge in [0.25, 0.3) is 0 Å². The first kappa shape index (κ1) is 30.7. The minimum atomic E-state index is -0.420. The third-order valence-electron chi connectivity index (χ3n) is 8.24. The van der Waals surface area contributed by atoms with Gasteiger partial charge in [-0.25, -0.2) is 0 Å². The molecule has 3 heterocycles. The second-order valence-corrected chi connectivity index (χ2v) is 11.5. The SMILES string of the molecule is c1ccc(CO[C@H]2C[C@@H](OCCCCCCCCOc3ccc4ncccc4c3)[C@@H]3OC(c4ccccc4)OC[C@H]3O2)cc1. The number of rotatable bonds is 15. The third-order valence-corrected chi connectivity index (χ3v) is 8.24. The van der Waals surface area contributed by atoms with Crippen molar-refractivity contribution in [3.63, 3.8) is 0 Å². The molecule has 4 aromatic rings. The Morgan fingerprint density at radius 1 is 0.727 bits per heavy atom. The molecule has 5 atom stereocenters. The third kappa shape index (κ3) is 8.65. The summed E-state index contributed by atoms with van der Waals surface area (Å²) in [6, 6.07) is 30.3. The summed E-state index contributed by atoms with van der Waals surface area (Å²) in [7, 11) is 0. The quantitative estimate of drug-likeness (QED) is 0.130. The monoisotopic (exact) mass is 597 g/mol. The molecule has 1 unspecified atom stereocenters. The van der Waals surface area contributed by atoms with Crippen LogP contribution in [0, 0.1) is 0 Å². The van der Waals surface area contributed by atoms with Crippen molar-refractivity contribution >= 4 is 10.9 Å². The summed E-state index contributed by atoms with van der Waals surface area (Å²) in [6.07, 6.45) is 7.86. The Labute approximate surface area is 260 Å². The van der Waals surface area contributed by atoms with Crippen LogP contribution in [0.4, 0.5) is 0 Å². The van der Waals surface area contributed by atoms with Crippen LogP contribution in [-0.2, 0) is 30.3 Å². The fourth-order valence-electron chi connectivity index (χ4n) is 5.86. The summed E-state index contributed by atoms with van der Waals surface area (Å²) in [6.45, 7) is 2.37. The number of pyridine rings is 1. The van der Waals surface area contributed by atoms with Crippen molar-refractivity contribution in [3.8, 4) is 5.75 Å². The van der Waals surface area contributed by atoms with E-state index < -0.39 is 6.29 Å². The van der Waals surface area contributed by atoms with Crippen LogP contribution in [-0.4, -0.2) is 49.4 Å². The fourth-order valence-corrected chi connectivity index (χ4v) is 5.86. The lowest BCUT2D eigenvalue weighted by Gasteiger charge is -2.45. The van der Waals surface area contributed by atoms with E-state index in [1.54, 1.807) is 0 Å². The molecule has 2 aliphatic heterocycles. The molecule has 1 aromatic heterocycles. The summed E-state index contributed by atoms with van der Waals surface area (Å²) < 4.78 is 37.4. The number of nitrogens with zero attached hydrogens (tertiary/aromatic N) is 1. The summed E-state index contributed by atoms with van der Waals surface area (Å²) in [5, 5.41) is 1.11. The molecule has 44 heavy (non-hydrogen) atoms. The Hall–Kier alpha value is -3.33. The van der Waals surface area contributed by atoms with Gasteiger partial charge in [0, 0.05) is 30.2 Å². The maximum atomic E-state index is 6.48. The molecule has 3 aromatic carbocycles. The molecular formula is C37H43NO6. The molecule has 6 rings (SSSR count). The van der Waals surface area contributed by atoms with Crippen molar-refractivity contribution in [3.05, 3.63) is 108 Å². The second kappa shape index (κ2) is 16.1. The Bertz CT molecular complexity index is 1400. The minimum absolute atomic E-state index is 0.118. The molecule has 232 valence electrons. The second-order valence-electron chi connectivity index (χ2n) is 11.5. The van der Waals surface area contributed by atoms with Gasteiger partial charge in [-0.3, -0.25) is 4.98 Å². The molecule has 2 aliphatic rings. The van der Waals surface area contributed by atoms with Gasteiger partial charge in [0.2, 0.25) is 0 Å². The van der Waals surface area contributed by atoms with Gasteiger partial charge < -0.3 is 28.4 Å². The lowest BCUT2D eigenvalue weighted by molar-refractivity contribution is -0.342. The average molecular weight is 598 g/mol. The summed E-state index contributed by atoms with van der Waals surface area (Å²) >= 11 is 0. The normalized spacial score (nSPS) is 23.3. The fraction of sp³-hybridized carbons (Fsp3) is 0.432. The lowest BCUT2D eigenvalue weighted by Crippen LogP contribution is -2.56. The van der Waals surface area contributed by atoms with Crippen molar-refractivity contribution in [2.75, 3.05) is 19.8 Å². The molecule has 7 nitrogen and oxygen atoms in total. The van der Waals surface area contributed by atoms with Crippen molar-refractivity contribution < 1.29 is 28.4 Å². The first-order valence-corrected chi connectivity index (χ1v) is 16.0. The van der Waals surface area contributed by atoms with E-state index in [1.807, 2.05) is 72.9 Å². The van der Waals surface area contributed by atoms with Crippen molar-refractivity contribution in [1.29, 1.82) is 0 Å². The Kier molecular flexibility index (Phi) is 11.2. The van der Waals surface area contributed by atoms with E-state index in [0.29, 0.717) is 26.2 Å². The summed E-state index contributed by atoms with van der Waals surface area (Å²) in [5.74, 6) is 0.911. The molecule has 2 fully saturated rings. The highest BCUT2D eigenvalue weighted by molar-refractivity contribution is 5.79. The minimum Gasteiger partial charge on any atom is -0.494 e. The molecule has 0 N–H and O–H groups in total. The number of aromatic nitrogens is 1. The highest BCUT2D eigenvalue weighted by Crippen LogP contribution is 2.35. The van der Waals surface area contributed by atoms with Crippen LogP contribution in [0.3, 0.4) is 0 Å². The van der Waals surface area contributed by atoms with E-state index in [-0.39, 0.29) is 24.6 Å². The van der Waals surface area contributed by atoms with Crippen LogP contribution >= 0.6 is 0 Å². The van der Waals surface area contributed by atoms with E-state index >= 15 is 0 Å². The smallest absolute Gasteiger partial charge is 0.184 e. The van der Waals surface area contributed by atoms with Gasteiger partial charge in [0.1, 0.15) is 18.0 Å². The standard InChI is InChI=1S/C37H43NO6/c1(3-11-22-39-31-19-20-32-30(24-31)18-13-21-38-32)2-4-12-23-40-33-25-35(41-26-28-14-7-5-8-15-28)43-34-27-42-37(44-36(33)34)29-16-9-6-10-17-29/h5-10,13-21,24,33-37H,1-4,11-12,22-23,25-27H2/t33-,34-,35-,36+,37?/m1/s1. The maximum Gasteiger partial charge on any atom is 0.184 e. The Morgan fingerprint density at radius 3 is 2.34 bits per heavy atom. The Balaban J connectivity index is 0.913. The van der Waals surface area contributed by atoms with Gasteiger partial charge in [-0.15, -0.1) is 0 Å². The van der Waals surface area contributed by atoms with Gasteiger partial charge >= 0.3 is 0 Å². The molecule has 2 saturated heterocycles. The van der Waals surface area contributed by atoms with Gasteiger partial charge in [-0.05, 0) is 42.7 Å². The van der Waals surface area contributed by atoms with Gasteiger partial charge in [0.15, 0.2) is 12.6 Å². The number of hydrogen-bond donors (Lipinski definition) is 0. The highest BCUT2D eigenvalue weighted by atomic mass is 16.7. The largest absolute Gasteiger partial charge is 0.494 e. The number of fused-ring (bicyclic) bond motifs is 2. The molecule has 0 saturated carbocycles. The van der Waals surface area contributed by atoms with E-state index in [0.717, 1.165) is 60.1 Å². The van der Waals surface area contributed by atoms with Crippen LogP contribution in [0.1, 0.15) is 62.4 Å². The van der Waals surface area contributed by atoms with Crippen molar-refractivity contribution in [2.24, 2.45) is 0 Å². The molecule has 0 amide bonds. The molecule has 0 bridgehead atoms. The van der Waals surface area contributed by atoms with Crippen molar-refractivity contribution in [2.45, 2.75) is 82.4 Å². The van der Waals surface area contributed by atoms with E-state index in [4.69, 9.17) is 28.4 Å². The van der Waals surface area contributed by atoms with Crippen LogP contribution in [0.15, 0.2) is 97.2 Å². The molecule has 7 heteroatoms. The van der Waals surface area contributed by atoms with Gasteiger partial charge in [-0.1, -0.05) is 92.4 Å². The predicted octanol–water partition coefficient (Wildman–Crippen LogP) is 7.79. The number of ether oxygens (including phenoxy) is 6. The zero-order valence-corrected chi connectivity index (χ0v) is 25.3. The maximum absolute atomic E-state index is 6.48. The first-order chi connectivity index (χ1) is 21.8. The Morgan fingerprint density at radius 2 is 1.50 bits per heavy atom. The van der Waals surface area contributed by atoms with E-state index in [2.05, 4.69) is 29.2 Å². The average Bonchev–Trinajstić information content (AvgIpc) is 3.08.